The Morgan fingerprint density at radius 2 is 1.16 bits per heavy atom. The molecule has 0 bridgehead atoms. The molecule has 1 aromatic heterocycles. The molecule has 498 valence electrons. The summed E-state index contributed by atoms with van der Waals surface area (Å²) in [5.41, 5.74) is -0.155. The Hall–Kier alpha value is -4.97. The number of aromatic nitrogens is 1. The number of rotatable bonds is 23. The molecule has 17 nitrogen and oxygen atoms in total. The fraction of sp³-hybridized carbons (Fsp3) is 0.771. The van der Waals surface area contributed by atoms with E-state index in [1.165, 1.54) is 0 Å². The molecule has 0 radical (unpaired) electrons. The number of hydrogen-bond donors (Lipinski definition) is 5. The predicted molar refractivity (Wildman–Crippen MR) is 350 cm³/mol. The highest BCUT2D eigenvalue weighted by Crippen LogP contribution is 2.52. The van der Waals surface area contributed by atoms with Crippen molar-refractivity contribution in [1.29, 1.82) is 0 Å². The van der Waals surface area contributed by atoms with Crippen molar-refractivity contribution in [3.8, 4) is 0 Å². The number of aliphatic hydroxyl groups excluding tert-OH is 1. The summed E-state index contributed by atoms with van der Waals surface area (Å²) >= 11 is 1.06. The number of hydrogen-bond acceptors (Lipinski definition) is 14. The van der Waals surface area contributed by atoms with Crippen LogP contribution in [0.4, 0.5) is 5.82 Å². The summed E-state index contributed by atoms with van der Waals surface area (Å²) in [5.74, 6) is -3.70. The number of aliphatic hydroxyl groups is 1. The van der Waals surface area contributed by atoms with Crippen molar-refractivity contribution in [2.24, 2.45) is 78.9 Å². The molecule has 0 aromatic carbocycles. The second-order valence-electron chi connectivity index (χ2n) is 32.4. The molecule has 2 saturated carbocycles. The summed E-state index contributed by atoms with van der Waals surface area (Å²) in [5, 5.41) is 25.0. The van der Waals surface area contributed by atoms with E-state index in [2.05, 4.69) is 113 Å². The molecule has 2 aliphatic carbocycles. The molecule has 2 fully saturated rings. The summed E-state index contributed by atoms with van der Waals surface area (Å²) in [4.78, 5) is 105. The van der Waals surface area contributed by atoms with Crippen molar-refractivity contribution in [2.45, 2.75) is 253 Å². The van der Waals surface area contributed by atoms with Crippen molar-refractivity contribution in [1.82, 2.24) is 10.3 Å². The SMILES string of the molecule is CCC(C)(C)C(=O)OCC(O)COC(=O)C(CC(=O)O)SCCCCC(=O)Nc1[nH]c(C=C2N=C(NC(=O)C(C)(C)C)C(C(=O)OC3C(C(C)(C)C)CC(C)CC3C(C)(C)C)=C2C(C)C)c(C(C)C)c1C(=O)OC1C(C(C)(C)C)CC(C)CC1C(C)(C)C. The van der Waals surface area contributed by atoms with Crippen molar-refractivity contribution in [2.75, 3.05) is 24.3 Å². The van der Waals surface area contributed by atoms with Crippen molar-refractivity contribution in [3.05, 3.63) is 33.7 Å². The second-order valence-corrected chi connectivity index (χ2v) is 33.7. The van der Waals surface area contributed by atoms with Gasteiger partial charge >= 0.3 is 29.8 Å². The number of anilines is 1. The Labute approximate surface area is 532 Å². The number of carbonyl (C=O) groups is 7. The van der Waals surface area contributed by atoms with Gasteiger partial charge in [0.15, 0.2) is 0 Å². The van der Waals surface area contributed by atoms with E-state index in [0.717, 1.165) is 37.4 Å². The Bertz CT molecular complexity index is 2700. The Morgan fingerprint density at radius 3 is 1.59 bits per heavy atom. The maximum atomic E-state index is 15.5. The molecule has 1 aliphatic heterocycles. The number of allylic oxidation sites excluding steroid dienone is 1. The number of amidine groups is 1. The maximum Gasteiger partial charge on any atom is 0.342 e. The van der Waals surface area contributed by atoms with Crippen molar-refractivity contribution >= 4 is 71.2 Å². The van der Waals surface area contributed by atoms with Crippen LogP contribution in [0.15, 0.2) is 21.8 Å². The number of nitrogens with one attached hydrogen (secondary N) is 3. The van der Waals surface area contributed by atoms with Gasteiger partial charge in [0.05, 0.1) is 17.5 Å². The Morgan fingerprint density at radius 1 is 0.682 bits per heavy atom. The summed E-state index contributed by atoms with van der Waals surface area (Å²) in [6.45, 7) is 48.5. The number of ether oxygens (including phenoxy) is 4. The molecule has 4 rings (SSSR count). The largest absolute Gasteiger partial charge is 0.481 e. The third-order valence-electron chi connectivity index (χ3n) is 18.3. The highest BCUT2D eigenvalue weighted by Gasteiger charge is 2.51. The number of amides is 2. The average molecular weight is 1250 g/mol. The van der Waals surface area contributed by atoms with E-state index in [0.29, 0.717) is 59.4 Å². The molecule has 2 heterocycles. The lowest BCUT2D eigenvalue weighted by Crippen LogP contribution is -2.50. The van der Waals surface area contributed by atoms with Crippen LogP contribution in [0, 0.1) is 73.9 Å². The van der Waals surface area contributed by atoms with Crippen LogP contribution in [-0.2, 0) is 47.7 Å². The quantitative estimate of drug-likeness (QED) is 0.0388. The Balaban J connectivity index is 1.82. The van der Waals surface area contributed by atoms with Gasteiger partial charge < -0.3 is 44.8 Å². The first kappa shape index (κ1) is 75.5. The number of thioether (sulfide) groups is 1. The molecular formula is C70H114N4O13S. The summed E-state index contributed by atoms with van der Waals surface area (Å²) in [6.07, 6.45) is 3.80. The number of nitrogens with zero attached hydrogens (tertiary/aromatic N) is 1. The fourth-order valence-electron chi connectivity index (χ4n) is 12.6. The van der Waals surface area contributed by atoms with Crippen LogP contribution in [0.1, 0.15) is 251 Å². The Kier molecular flexibility index (Phi) is 25.7. The van der Waals surface area contributed by atoms with E-state index in [1.807, 2.05) is 34.6 Å². The molecule has 0 saturated heterocycles. The number of aliphatic carboxylic acids is 1. The topological polar surface area (TPSA) is 249 Å². The lowest BCUT2D eigenvalue weighted by Gasteiger charge is -2.50. The van der Waals surface area contributed by atoms with Crippen LogP contribution in [0.25, 0.3) is 6.08 Å². The summed E-state index contributed by atoms with van der Waals surface area (Å²) in [6, 6.07) is 0. The number of H-pyrrole nitrogens is 1. The number of carbonyl (C=O) groups excluding carboxylic acids is 6. The van der Waals surface area contributed by atoms with Crippen LogP contribution >= 0.6 is 11.8 Å². The first-order valence-corrected chi connectivity index (χ1v) is 33.5. The number of esters is 4. The van der Waals surface area contributed by atoms with E-state index < -0.39 is 89.8 Å². The second kappa shape index (κ2) is 30.0. The molecule has 1 aromatic rings. The van der Waals surface area contributed by atoms with E-state index in [4.69, 9.17) is 23.9 Å². The number of carboxylic acids is 1. The van der Waals surface area contributed by atoms with Gasteiger partial charge in [-0.15, -0.1) is 11.8 Å². The van der Waals surface area contributed by atoms with Gasteiger partial charge in [-0.2, -0.15) is 0 Å². The molecule has 3 aliphatic rings. The van der Waals surface area contributed by atoms with Crippen molar-refractivity contribution < 1.29 is 62.7 Å². The lowest BCUT2D eigenvalue weighted by molar-refractivity contribution is -0.164. The number of aliphatic imine (C=N–C) groups is 1. The number of carboxylic acid groups (broad SMARTS) is 1. The van der Waals surface area contributed by atoms with E-state index in [-0.39, 0.29) is 92.3 Å². The summed E-state index contributed by atoms with van der Waals surface area (Å²) < 4.78 is 24.3. The minimum Gasteiger partial charge on any atom is -0.481 e. The minimum absolute atomic E-state index is 0.00706. The lowest BCUT2D eigenvalue weighted by atomic mass is 9.59. The number of unbranched alkanes of at least 4 members (excludes halogenated alkanes) is 1. The third-order valence-corrected chi connectivity index (χ3v) is 19.5. The highest BCUT2D eigenvalue weighted by atomic mass is 32.2. The van der Waals surface area contributed by atoms with Crippen LogP contribution < -0.4 is 10.6 Å². The van der Waals surface area contributed by atoms with Gasteiger partial charge in [0.1, 0.15) is 59.6 Å². The zero-order valence-electron chi connectivity index (χ0n) is 58.2. The predicted octanol–water partition coefficient (Wildman–Crippen LogP) is 14.5. The zero-order chi connectivity index (χ0) is 67.1. The van der Waals surface area contributed by atoms with Gasteiger partial charge in [0, 0.05) is 41.2 Å². The summed E-state index contributed by atoms with van der Waals surface area (Å²) in [7, 11) is 0. The molecule has 18 heteroatoms. The fourth-order valence-corrected chi connectivity index (χ4v) is 13.7. The van der Waals surface area contributed by atoms with E-state index in [1.54, 1.807) is 40.7 Å². The van der Waals surface area contributed by atoms with E-state index in [9.17, 15) is 34.2 Å². The zero-order valence-corrected chi connectivity index (χ0v) is 59.0. The highest BCUT2D eigenvalue weighted by molar-refractivity contribution is 8.00. The normalized spacial score (nSPS) is 23.6. The molecule has 6 atom stereocenters. The molecule has 88 heavy (non-hydrogen) atoms. The first-order valence-electron chi connectivity index (χ1n) is 32.4. The van der Waals surface area contributed by atoms with Gasteiger partial charge in [-0.05, 0) is 127 Å². The molecular weight excluding hydrogens is 1140 g/mol. The van der Waals surface area contributed by atoms with Crippen LogP contribution in [0.2, 0.25) is 0 Å². The van der Waals surface area contributed by atoms with Crippen LogP contribution in [-0.4, -0.2) is 105 Å². The van der Waals surface area contributed by atoms with Gasteiger partial charge in [0.2, 0.25) is 11.8 Å². The molecule has 0 spiro atoms. The van der Waals surface area contributed by atoms with Crippen LogP contribution in [0.5, 0.6) is 0 Å². The standard InChI is InChI=1S/C70H114N4O13S/c1-25-70(23,24)64(83)85-37-42(75)36-84-60(79)49(35-51(77)78)88-29-27-26-28-50(76)73-58-54(61(80)86-56-43(65(8,9)10)30-40(6)31-44(56)66(11,12)13)52(38(2)3)47(71-58)34-48-53(39(4)5)55(59(72-48)74-63(82)69(20,21)22)62(81)87-57-45(67(14,15)16)32-41(7)33-46(57)68(17,18)19/h34,38-46,49,56-57,71,75H,25-33,35-37H2,1-24H3,(H,73,76)(H,77,78)(H,72,74,82). The molecule has 5 N–H and O–H groups in total. The minimum atomic E-state index is -1.31. The number of aromatic amines is 1. The van der Waals surface area contributed by atoms with E-state index >= 15 is 9.59 Å². The van der Waals surface area contributed by atoms with Gasteiger partial charge in [-0.3, -0.25) is 24.0 Å². The monoisotopic (exact) mass is 1250 g/mol. The molecule has 6 unspecified atom stereocenters. The van der Waals surface area contributed by atoms with Gasteiger partial charge in [-0.25, -0.2) is 14.6 Å². The third kappa shape index (κ3) is 20.3. The maximum absolute atomic E-state index is 15.5. The van der Waals surface area contributed by atoms with Crippen molar-refractivity contribution in [3.63, 3.8) is 0 Å². The van der Waals surface area contributed by atoms with Gasteiger partial charge in [0.25, 0.3) is 0 Å². The van der Waals surface area contributed by atoms with Crippen LogP contribution in [0.3, 0.4) is 0 Å². The molecule has 2 amide bonds. The van der Waals surface area contributed by atoms with Gasteiger partial charge in [-0.1, -0.05) is 152 Å². The average Bonchev–Trinajstić information content (AvgIpc) is 1.39. The first-order chi connectivity index (χ1) is 40.2. The smallest absolute Gasteiger partial charge is 0.342 e.